The van der Waals surface area contributed by atoms with Crippen molar-refractivity contribution in [3.63, 3.8) is 0 Å². The normalized spacial score (nSPS) is 11.6. The molecule has 2 aromatic heterocycles. The summed E-state index contributed by atoms with van der Waals surface area (Å²) in [6.45, 7) is 8.62. The van der Waals surface area contributed by atoms with E-state index in [-0.39, 0.29) is 24.5 Å². The van der Waals surface area contributed by atoms with E-state index in [9.17, 15) is 9.90 Å². The molecule has 0 radical (unpaired) electrons. The number of hydrogen-bond acceptors (Lipinski definition) is 6. The van der Waals surface area contributed by atoms with Gasteiger partial charge in [0.25, 0.3) is 5.91 Å². The van der Waals surface area contributed by atoms with E-state index in [1.54, 1.807) is 35.5 Å². The van der Waals surface area contributed by atoms with Gasteiger partial charge in [-0.1, -0.05) is 32.9 Å². The summed E-state index contributed by atoms with van der Waals surface area (Å²) in [5.74, 6) is 1.18. The Morgan fingerprint density at radius 2 is 1.86 bits per heavy atom. The molecule has 1 aromatic carbocycles. The largest absolute Gasteiger partial charge is 0.446 e. The van der Waals surface area contributed by atoms with Crippen molar-refractivity contribution < 1.29 is 14.3 Å². The lowest BCUT2D eigenvalue weighted by Crippen LogP contribution is -2.36. The summed E-state index contributed by atoms with van der Waals surface area (Å²) in [6, 6.07) is 7.15. The Morgan fingerprint density at radius 1 is 1.17 bits per heavy atom. The zero-order valence-electron chi connectivity index (χ0n) is 17.3. The molecule has 0 atom stereocenters. The predicted octanol–water partition coefficient (Wildman–Crippen LogP) is 2.54. The molecule has 0 fully saturated rings. The smallest absolute Gasteiger partial charge is 0.256 e. The van der Waals surface area contributed by atoms with Crippen molar-refractivity contribution in [2.75, 3.05) is 19.7 Å². The molecule has 0 aliphatic heterocycles. The highest BCUT2D eigenvalue weighted by atomic mass is 16.4. The molecule has 8 heteroatoms. The van der Waals surface area contributed by atoms with E-state index in [1.807, 2.05) is 13.0 Å². The SMILES string of the molecule is Cc1oc(CCN(CCO)C(=O)c2ccccc2-n2nccn2)nc1C(C)(C)C. The second kappa shape index (κ2) is 8.57. The average molecular weight is 397 g/mol. The van der Waals surface area contributed by atoms with E-state index < -0.39 is 0 Å². The molecule has 0 unspecified atom stereocenters. The molecule has 0 aliphatic carbocycles. The topological polar surface area (TPSA) is 97.3 Å². The molecular weight excluding hydrogens is 370 g/mol. The summed E-state index contributed by atoms with van der Waals surface area (Å²) in [5, 5.41) is 17.7. The first-order chi connectivity index (χ1) is 13.8. The summed E-state index contributed by atoms with van der Waals surface area (Å²) in [5.41, 5.74) is 1.87. The van der Waals surface area contributed by atoms with Gasteiger partial charge in [-0.25, -0.2) is 4.98 Å². The Kier molecular flexibility index (Phi) is 6.12. The first-order valence-corrected chi connectivity index (χ1v) is 9.64. The number of rotatable bonds is 7. The number of carbonyl (C=O) groups is 1. The summed E-state index contributed by atoms with van der Waals surface area (Å²) >= 11 is 0. The van der Waals surface area contributed by atoms with E-state index in [1.165, 1.54) is 4.80 Å². The van der Waals surface area contributed by atoms with Gasteiger partial charge in [0.05, 0.1) is 35.9 Å². The van der Waals surface area contributed by atoms with Crippen LogP contribution in [-0.2, 0) is 11.8 Å². The van der Waals surface area contributed by atoms with Crippen LogP contribution in [0, 0.1) is 6.92 Å². The van der Waals surface area contributed by atoms with Crippen molar-refractivity contribution in [1.29, 1.82) is 0 Å². The molecule has 1 amide bonds. The summed E-state index contributed by atoms with van der Waals surface area (Å²) in [7, 11) is 0. The highest BCUT2D eigenvalue weighted by molar-refractivity contribution is 5.97. The van der Waals surface area contributed by atoms with Gasteiger partial charge in [0, 0.05) is 24.9 Å². The van der Waals surface area contributed by atoms with Gasteiger partial charge >= 0.3 is 0 Å². The number of carbonyl (C=O) groups excluding carboxylic acids is 1. The lowest BCUT2D eigenvalue weighted by molar-refractivity contribution is 0.0720. The number of para-hydroxylation sites is 1. The first-order valence-electron chi connectivity index (χ1n) is 9.64. The molecule has 1 N–H and O–H groups in total. The van der Waals surface area contributed by atoms with Gasteiger partial charge in [-0.05, 0) is 19.1 Å². The van der Waals surface area contributed by atoms with E-state index >= 15 is 0 Å². The predicted molar refractivity (Wildman–Crippen MR) is 108 cm³/mol. The van der Waals surface area contributed by atoms with Crippen LogP contribution >= 0.6 is 0 Å². The molecule has 0 aliphatic rings. The van der Waals surface area contributed by atoms with Crippen LogP contribution in [0.2, 0.25) is 0 Å². The summed E-state index contributed by atoms with van der Waals surface area (Å²) in [6.07, 6.45) is 3.58. The lowest BCUT2D eigenvalue weighted by Gasteiger charge is -2.22. The number of amides is 1. The van der Waals surface area contributed by atoms with Crippen molar-refractivity contribution in [2.24, 2.45) is 0 Å². The van der Waals surface area contributed by atoms with Crippen LogP contribution in [0.15, 0.2) is 41.1 Å². The zero-order valence-corrected chi connectivity index (χ0v) is 17.3. The zero-order chi connectivity index (χ0) is 21.0. The number of aliphatic hydroxyl groups is 1. The Hall–Kier alpha value is -3.00. The van der Waals surface area contributed by atoms with Crippen LogP contribution in [0.4, 0.5) is 0 Å². The molecule has 3 rings (SSSR count). The molecule has 8 nitrogen and oxygen atoms in total. The summed E-state index contributed by atoms with van der Waals surface area (Å²) in [4.78, 5) is 20.8. The number of aromatic nitrogens is 4. The number of benzene rings is 1. The number of aryl methyl sites for hydroxylation is 1. The minimum absolute atomic E-state index is 0.109. The Balaban J connectivity index is 1.80. The second-order valence-corrected chi connectivity index (χ2v) is 7.86. The molecule has 2 heterocycles. The van der Waals surface area contributed by atoms with Gasteiger partial charge in [-0.2, -0.15) is 15.0 Å². The van der Waals surface area contributed by atoms with Crippen LogP contribution in [-0.4, -0.2) is 55.6 Å². The van der Waals surface area contributed by atoms with E-state index in [0.29, 0.717) is 30.1 Å². The lowest BCUT2D eigenvalue weighted by atomic mass is 9.91. The van der Waals surface area contributed by atoms with Gasteiger partial charge in [-0.15, -0.1) is 0 Å². The second-order valence-electron chi connectivity index (χ2n) is 7.86. The maximum absolute atomic E-state index is 13.2. The molecular formula is C21H27N5O3. The van der Waals surface area contributed by atoms with Gasteiger partial charge in [0.1, 0.15) is 5.76 Å². The number of hydrogen-bond donors (Lipinski definition) is 1. The fourth-order valence-corrected chi connectivity index (χ4v) is 3.26. The molecule has 154 valence electrons. The molecule has 0 bridgehead atoms. The van der Waals surface area contributed by atoms with Crippen molar-refractivity contribution in [3.8, 4) is 5.69 Å². The maximum atomic E-state index is 13.2. The van der Waals surface area contributed by atoms with Crippen LogP contribution in [0.3, 0.4) is 0 Å². The third kappa shape index (κ3) is 4.71. The first kappa shape index (κ1) is 20.7. The standard InChI is InChI=1S/C21H27N5O3/c1-15-19(21(2,3)4)24-18(29-15)9-12-25(13-14-27)20(28)16-7-5-6-8-17(16)26-22-10-11-23-26/h5-8,10-11,27H,9,12-14H2,1-4H3. The van der Waals surface area contributed by atoms with Crippen LogP contribution in [0.1, 0.15) is 48.5 Å². The highest BCUT2D eigenvalue weighted by Gasteiger charge is 2.24. The summed E-state index contributed by atoms with van der Waals surface area (Å²) < 4.78 is 5.80. The molecule has 3 aromatic rings. The van der Waals surface area contributed by atoms with Gasteiger partial charge in [0.2, 0.25) is 0 Å². The van der Waals surface area contributed by atoms with E-state index in [0.717, 1.165) is 11.5 Å². The molecule has 29 heavy (non-hydrogen) atoms. The number of nitrogens with zero attached hydrogens (tertiary/aromatic N) is 5. The van der Waals surface area contributed by atoms with Crippen molar-refractivity contribution >= 4 is 5.91 Å². The monoisotopic (exact) mass is 397 g/mol. The Morgan fingerprint density at radius 3 is 2.48 bits per heavy atom. The van der Waals surface area contributed by atoms with Crippen LogP contribution in [0.25, 0.3) is 5.69 Å². The molecule has 0 saturated heterocycles. The third-order valence-corrected chi connectivity index (χ3v) is 4.57. The minimum atomic E-state index is -0.203. The van der Waals surface area contributed by atoms with Gasteiger partial charge < -0.3 is 14.4 Å². The third-order valence-electron chi connectivity index (χ3n) is 4.57. The quantitative estimate of drug-likeness (QED) is 0.658. The average Bonchev–Trinajstić information content (AvgIpc) is 3.34. The number of aliphatic hydroxyl groups excluding tert-OH is 1. The minimum Gasteiger partial charge on any atom is -0.446 e. The van der Waals surface area contributed by atoms with E-state index in [4.69, 9.17) is 4.42 Å². The maximum Gasteiger partial charge on any atom is 0.256 e. The van der Waals surface area contributed by atoms with Crippen molar-refractivity contribution in [3.05, 3.63) is 59.6 Å². The number of oxazole rings is 1. The Bertz CT molecular complexity index is 957. The molecule has 0 spiro atoms. The Labute approximate surface area is 170 Å². The van der Waals surface area contributed by atoms with Crippen molar-refractivity contribution in [2.45, 2.75) is 39.5 Å². The fraction of sp³-hybridized carbons (Fsp3) is 0.429. The fourth-order valence-electron chi connectivity index (χ4n) is 3.26. The highest BCUT2D eigenvalue weighted by Crippen LogP contribution is 2.25. The van der Waals surface area contributed by atoms with Gasteiger partial charge in [0.15, 0.2) is 5.89 Å². The van der Waals surface area contributed by atoms with Crippen molar-refractivity contribution in [1.82, 2.24) is 24.9 Å². The van der Waals surface area contributed by atoms with Crippen LogP contribution in [0.5, 0.6) is 0 Å². The molecule has 0 saturated carbocycles. The van der Waals surface area contributed by atoms with Crippen LogP contribution < -0.4 is 0 Å². The van der Waals surface area contributed by atoms with Gasteiger partial charge in [-0.3, -0.25) is 4.79 Å². The van der Waals surface area contributed by atoms with E-state index in [2.05, 4.69) is 36.0 Å².